The van der Waals surface area contributed by atoms with Crippen LogP contribution in [0.25, 0.3) is 0 Å². The van der Waals surface area contributed by atoms with E-state index in [1.54, 1.807) is 48.5 Å². The van der Waals surface area contributed by atoms with Gasteiger partial charge in [-0.1, -0.05) is 18.2 Å². The van der Waals surface area contributed by atoms with E-state index in [2.05, 4.69) is 26.7 Å². The summed E-state index contributed by atoms with van der Waals surface area (Å²) >= 11 is 0. The van der Waals surface area contributed by atoms with E-state index in [0.29, 0.717) is 28.3 Å². The molecule has 3 aromatic rings. The lowest BCUT2D eigenvalue weighted by Gasteiger charge is -2.08. The summed E-state index contributed by atoms with van der Waals surface area (Å²) in [7, 11) is 0. The van der Waals surface area contributed by atoms with Gasteiger partial charge in [0.15, 0.2) is 0 Å². The zero-order valence-corrected chi connectivity index (χ0v) is 13.5. The molecule has 1 aromatic heterocycles. The Balaban J connectivity index is 1.72. The molecule has 0 spiro atoms. The third-order valence-corrected chi connectivity index (χ3v) is 3.44. The highest BCUT2D eigenvalue weighted by Crippen LogP contribution is 2.16. The van der Waals surface area contributed by atoms with Crippen molar-refractivity contribution in [2.75, 3.05) is 10.6 Å². The molecule has 3 rings (SSSR count). The molecule has 0 saturated heterocycles. The molecule has 0 aliphatic rings. The number of nitrogens with one attached hydrogen (secondary N) is 2. The Morgan fingerprint density at radius 2 is 1.81 bits per heavy atom. The van der Waals surface area contributed by atoms with Gasteiger partial charge in [-0.3, -0.25) is 4.79 Å². The summed E-state index contributed by atoms with van der Waals surface area (Å²) in [5.74, 6) is -0.0210. The Labute approximate surface area is 149 Å². The minimum atomic E-state index is -0.460. The van der Waals surface area contributed by atoms with E-state index >= 15 is 0 Å². The Morgan fingerprint density at radius 3 is 2.54 bits per heavy atom. The maximum atomic E-state index is 12.3. The first-order valence-electron chi connectivity index (χ1n) is 7.59. The number of rotatable bonds is 4. The molecule has 26 heavy (non-hydrogen) atoms. The first-order valence-corrected chi connectivity index (χ1v) is 7.59. The Morgan fingerprint density at radius 1 is 0.962 bits per heavy atom. The van der Waals surface area contributed by atoms with Crippen molar-refractivity contribution in [3.8, 4) is 12.1 Å². The average molecular weight is 340 g/mol. The third-order valence-electron chi connectivity index (χ3n) is 3.44. The fourth-order valence-corrected chi connectivity index (χ4v) is 2.20. The summed E-state index contributed by atoms with van der Waals surface area (Å²) in [6.45, 7) is 0. The normalized spacial score (nSPS) is 9.62. The van der Waals surface area contributed by atoms with Crippen molar-refractivity contribution in [3.63, 3.8) is 0 Å². The summed E-state index contributed by atoms with van der Waals surface area (Å²) in [5, 5.41) is 23.6. The van der Waals surface area contributed by atoms with Crippen LogP contribution in [0.2, 0.25) is 0 Å². The lowest BCUT2D eigenvalue weighted by atomic mass is 10.2. The smallest absolute Gasteiger partial charge is 0.275 e. The third kappa shape index (κ3) is 3.81. The van der Waals surface area contributed by atoms with E-state index in [9.17, 15) is 4.79 Å². The first-order chi connectivity index (χ1) is 12.7. The maximum absolute atomic E-state index is 12.3. The molecule has 0 aliphatic heterocycles. The number of carbonyl (C=O) groups is 1. The summed E-state index contributed by atoms with van der Waals surface area (Å²) in [4.78, 5) is 20.5. The average Bonchev–Trinajstić information content (AvgIpc) is 2.69. The molecule has 0 radical (unpaired) electrons. The number of benzene rings is 2. The van der Waals surface area contributed by atoms with Crippen molar-refractivity contribution in [1.29, 1.82) is 10.5 Å². The lowest BCUT2D eigenvalue weighted by Crippen LogP contribution is -2.15. The number of hydrogen-bond donors (Lipinski definition) is 2. The van der Waals surface area contributed by atoms with Crippen molar-refractivity contribution in [1.82, 2.24) is 9.97 Å². The van der Waals surface area contributed by atoms with Crippen molar-refractivity contribution in [2.45, 2.75) is 0 Å². The SMILES string of the molecule is N#Cc1cccc(Nc2cnc(C(=O)Nc3ccccc3C#N)cn2)c1. The molecule has 7 heteroatoms. The van der Waals surface area contributed by atoms with Crippen molar-refractivity contribution >= 4 is 23.1 Å². The van der Waals surface area contributed by atoms with Gasteiger partial charge in [-0.15, -0.1) is 0 Å². The predicted octanol–water partition coefficient (Wildman–Crippen LogP) is 3.22. The van der Waals surface area contributed by atoms with Crippen molar-refractivity contribution in [3.05, 3.63) is 77.7 Å². The van der Waals surface area contributed by atoms with Gasteiger partial charge in [0.1, 0.15) is 17.6 Å². The number of hydrogen-bond acceptors (Lipinski definition) is 6. The number of para-hydroxylation sites is 1. The number of anilines is 3. The molecule has 0 aliphatic carbocycles. The van der Waals surface area contributed by atoms with E-state index in [-0.39, 0.29) is 5.69 Å². The molecule has 0 atom stereocenters. The zero-order valence-electron chi connectivity index (χ0n) is 13.5. The molecule has 0 unspecified atom stereocenters. The molecular formula is C19H12N6O. The summed E-state index contributed by atoms with van der Waals surface area (Å²) < 4.78 is 0. The van der Waals surface area contributed by atoms with Gasteiger partial charge in [-0.2, -0.15) is 10.5 Å². The van der Waals surface area contributed by atoms with Gasteiger partial charge in [0.2, 0.25) is 0 Å². The molecule has 2 aromatic carbocycles. The van der Waals surface area contributed by atoms with Crippen LogP contribution in [0.1, 0.15) is 21.6 Å². The van der Waals surface area contributed by atoms with Gasteiger partial charge in [0, 0.05) is 5.69 Å². The second kappa shape index (κ2) is 7.56. The number of amides is 1. The van der Waals surface area contributed by atoms with Crippen LogP contribution in [-0.2, 0) is 0 Å². The number of carbonyl (C=O) groups excluding carboxylic acids is 1. The Hall–Kier alpha value is -4.23. The minimum absolute atomic E-state index is 0.120. The summed E-state index contributed by atoms with van der Waals surface area (Å²) in [6, 6.07) is 17.7. The molecular weight excluding hydrogens is 328 g/mol. The van der Waals surface area contributed by atoms with Crippen LogP contribution < -0.4 is 10.6 Å². The largest absolute Gasteiger partial charge is 0.339 e. The lowest BCUT2D eigenvalue weighted by molar-refractivity contribution is 0.102. The molecule has 1 amide bonds. The fourth-order valence-electron chi connectivity index (χ4n) is 2.20. The summed E-state index contributed by atoms with van der Waals surface area (Å²) in [6.07, 6.45) is 2.75. The molecule has 0 saturated carbocycles. The monoisotopic (exact) mass is 340 g/mol. The van der Waals surface area contributed by atoms with E-state index in [4.69, 9.17) is 10.5 Å². The highest BCUT2D eigenvalue weighted by Gasteiger charge is 2.11. The van der Waals surface area contributed by atoms with Gasteiger partial charge in [0.25, 0.3) is 5.91 Å². The molecule has 0 bridgehead atoms. The zero-order chi connectivity index (χ0) is 18.4. The first kappa shape index (κ1) is 16.6. The van der Waals surface area contributed by atoms with Crippen molar-refractivity contribution < 1.29 is 4.79 Å². The van der Waals surface area contributed by atoms with Gasteiger partial charge in [-0.25, -0.2) is 9.97 Å². The van der Waals surface area contributed by atoms with Gasteiger partial charge in [-0.05, 0) is 30.3 Å². The second-order valence-electron chi connectivity index (χ2n) is 5.22. The van der Waals surface area contributed by atoms with Crippen LogP contribution in [0.4, 0.5) is 17.2 Å². The van der Waals surface area contributed by atoms with Crippen LogP contribution in [0.15, 0.2) is 60.9 Å². The van der Waals surface area contributed by atoms with E-state index < -0.39 is 5.91 Å². The fraction of sp³-hybridized carbons (Fsp3) is 0. The van der Waals surface area contributed by atoms with Crippen LogP contribution in [-0.4, -0.2) is 15.9 Å². The topological polar surface area (TPSA) is 114 Å². The second-order valence-corrected chi connectivity index (χ2v) is 5.22. The standard InChI is InChI=1S/C19H12N6O/c20-9-13-4-3-6-15(8-13)24-18-12-22-17(11-23-18)19(26)25-16-7-2-1-5-14(16)10-21/h1-8,11-12H,(H,23,24)(H,25,26). The number of nitriles is 2. The Bertz CT molecular complexity index is 1030. The number of aromatic nitrogens is 2. The molecule has 7 nitrogen and oxygen atoms in total. The summed E-state index contributed by atoms with van der Waals surface area (Å²) in [5.41, 5.74) is 2.12. The molecule has 124 valence electrons. The van der Waals surface area contributed by atoms with E-state index in [1.807, 2.05) is 6.07 Å². The highest BCUT2D eigenvalue weighted by atomic mass is 16.1. The molecule has 1 heterocycles. The quantitative estimate of drug-likeness (QED) is 0.753. The van der Waals surface area contributed by atoms with Crippen LogP contribution in [0, 0.1) is 22.7 Å². The molecule has 0 fully saturated rings. The van der Waals surface area contributed by atoms with E-state index in [1.165, 1.54) is 12.4 Å². The maximum Gasteiger partial charge on any atom is 0.275 e. The van der Waals surface area contributed by atoms with Gasteiger partial charge in [0.05, 0.1) is 35.3 Å². The van der Waals surface area contributed by atoms with Crippen LogP contribution >= 0.6 is 0 Å². The number of nitrogens with zero attached hydrogens (tertiary/aromatic N) is 4. The van der Waals surface area contributed by atoms with Gasteiger partial charge >= 0.3 is 0 Å². The van der Waals surface area contributed by atoms with Gasteiger partial charge < -0.3 is 10.6 Å². The molecule has 2 N–H and O–H groups in total. The van der Waals surface area contributed by atoms with Crippen LogP contribution in [0.3, 0.4) is 0 Å². The minimum Gasteiger partial charge on any atom is -0.339 e. The Kier molecular flexibility index (Phi) is 4.83. The van der Waals surface area contributed by atoms with Crippen LogP contribution in [0.5, 0.6) is 0 Å². The van der Waals surface area contributed by atoms with Crippen molar-refractivity contribution in [2.24, 2.45) is 0 Å². The van der Waals surface area contributed by atoms with E-state index in [0.717, 1.165) is 0 Å². The predicted molar refractivity (Wildman–Crippen MR) is 95.6 cm³/mol. The highest BCUT2D eigenvalue weighted by molar-refractivity contribution is 6.03.